The van der Waals surface area contributed by atoms with E-state index in [0.29, 0.717) is 15.3 Å². The number of hydrogen-bond donors (Lipinski definition) is 1. The lowest BCUT2D eigenvalue weighted by Crippen LogP contribution is -2.31. The van der Waals surface area contributed by atoms with Crippen molar-refractivity contribution in [2.24, 2.45) is 0 Å². The highest BCUT2D eigenvalue weighted by molar-refractivity contribution is 7.89. The summed E-state index contributed by atoms with van der Waals surface area (Å²) in [5.74, 6) is -0.175. The van der Waals surface area contributed by atoms with Crippen LogP contribution in [0.1, 0.15) is 5.56 Å². The van der Waals surface area contributed by atoms with Gasteiger partial charge in [0.05, 0.1) is 21.5 Å². The first kappa shape index (κ1) is 20.9. The summed E-state index contributed by atoms with van der Waals surface area (Å²) < 4.78 is 27.7. The SMILES string of the molecule is C=CCN(CC=C)S(=O)(=O)c1ccc2nc(NC(=O)Cc3ccccc3)sc2c1. The Morgan fingerprint density at radius 2 is 1.79 bits per heavy atom. The Bertz CT molecular complexity index is 1130. The van der Waals surface area contributed by atoms with Gasteiger partial charge in [0.15, 0.2) is 5.13 Å². The number of nitrogens with one attached hydrogen (secondary N) is 1. The largest absolute Gasteiger partial charge is 0.302 e. The molecule has 150 valence electrons. The molecule has 3 rings (SSSR count). The third kappa shape index (κ3) is 4.97. The molecule has 0 saturated carbocycles. The molecule has 0 atom stereocenters. The van der Waals surface area contributed by atoms with Crippen molar-refractivity contribution in [3.05, 3.63) is 79.4 Å². The van der Waals surface area contributed by atoms with Crippen molar-refractivity contribution < 1.29 is 13.2 Å². The second-order valence-electron chi connectivity index (χ2n) is 6.26. The molecule has 0 radical (unpaired) electrons. The number of rotatable bonds is 9. The number of thiazole rings is 1. The van der Waals surface area contributed by atoms with E-state index < -0.39 is 10.0 Å². The minimum Gasteiger partial charge on any atom is -0.302 e. The molecule has 1 amide bonds. The zero-order chi connectivity index (χ0) is 20.9. The van der Waals surface area contributed by atoms with E-state index in [9.17, 15) is 13.2 Å². The van der Waals surface area contributed by atoms with Crippen molar-refractivity contribution in [3.8, 4) is 0 Å². The number of nitrogens with zero attached hydrogens (tertiary/aromatic N) is 2. The molecule has 0 spiro atoms. The number of amides is 1. The molecule has 1 N–H and O–H groups in total. The summed E-state index contributed by atoms with van der Waals surface area (Å²) >= 11 is 1.24. The zero-order valence-corrected chi connectivity index (χ0v) is 17.4. The number of carbonyl (C=O) groups is 1. The molecule has 0 unspecified atom stereocenters. The Hall–Kier alpha value is -2.81. The summed E-state index contributed by atoms with van der Waals surface area (Å²) in [6.07, 6.45) is 3.31. The van der Waals surface area contributed by atoms with Crippen LogP contribution in [0.25, 0.3) is 10.2 Å². The molecular weight excluding hydrogens is 406 g/mol. The van der Waals surface area contributed by atoms with Crippen molar-refractivity contribution in [2.75, 3.05) is 18.4 Å². The van der Waals surface area contributed by atoms with Crippen LogP contribution in [-0.4, -0.2) is 36.7 Å². The standard InChI is InChI=1S/C21H21N3O3S2/c1-3-12-24(13-4-2)29(26,27)17-10-11-18-19(15-17)28-21(22-18)23-20(25)14-16-8-6-5-7-9-16/h3-11,15H,1-2,12-14H2,(H,22,23,25). The molecule has 6 nitrogen and oxygen atoms in total. The number of benzene rings is 2. The van der Waals surface area contributed by atoms with Crippen LogP contribution in [0.3, 0.4) is 0 Å². The fourth-order valence-corrected chi connectivity index (χ4v) is 5.18. The molecule has 29 heavy (non-hydrogen) atoms. The maximum Gasteiger partial charge on any atom is 0.243 e. The zero-order valence-electron chi connectivity index (χ0n) is 15.7. The third-order valence-corrected chi connectivity index (χ3v) is 6.88. The van der Waals surface area contributed by atoms with Gasteiger partial charge in [-0.15, -0.1) is 13.2 Å². The van der Waals surface area contributed by atoms with Crippen molar-refractivity contribution in [2.45, 2.75) is 11.3 Å². The van der Waals surface area contributed by atoms with Gasteiger partial charge in [0.1, 0.15) is 0 Å². The number of sulfonamides is 1. The van der Waals surface area contributed by atoms with Gasteiger partial charge in [-0.3, -0.25) is 4.79 Å². The van der Waals surface area contributed by atoms with Crippen LogP contribution in [0.5, 0.6) is 0 Å². The molecule has 0 aliphatic rings. The van der Waals surface area contributed by atoms with Gasteiger partial charge in [0, 0.05) is 13.1 Å². The maximum absolute atomic E-state index is 12.9. The van der Waals surface area contributed by atoms with E-state index in [-0.39, 0.29) is 30.3 Å². The van der Waals surface area contributed by atoms with Crippen LogP contribution in [0.15, 0.2) is 78.7 Å². The Labute approximate surface area is 174 Å². The molecule has 0 bridgehead atoms. The van der Waals surface area contributed by atoms with Gasteiger partial charge < -0.3 is 5.32 Å². The predicted molar refractivity (Wildman–Crippen MR) is 118 cm³/mol. The van der Waals surface area contributed by atoms with Crippen LogP contribution in [0.4, 0.5) is 5.13 Å². The molecule has 0 fully saturated rings. The van der Waals surface area contributed by atoms with E-state index in [1.165, 1.54) is 33.9 Å². The van der Waals surface area contributed by atoms with E-state index in [1.807, 2.05) is 30.3 Å². The van der Waals surface area contributed by atoms with Gasteiger partial charge >= 0.3 is 0 Å². The molecule has 3 aromatic rings. The normalized spacial score (nSPS) is 11.5. The first-order chi connectivity index (χ1) is 13.9. The summed E-state index contributed by atoms with van der Waals surface area (Å²) in [5, 5.41) is 3.22. The second kappa shape index (κ2) is 9.13. The molecule has 1 heterocycles. The van der Waals surface area contributed by atoms with E-state index in [1.54, 1.807) is 12.1 Å². The Balaban J connectivity index is 1.81. The number of fused-ring (bicyclic) bond motifs is 1. The van der Waals surface area contributed by atoms with Crippen molar-refractivity contribution in [1.29, 1.82) is 0 Å². The van der Waals surface area contributed by atoms with E-state index in [4.69, 9.17) is 0 Å². The number of anilines is 1. The first-order valence-electron chi connectivity index (χ1n) is 8.90. The van der Waals surface area contributed by atoms with Gasteiger partial charge in [-0.05, 0) is 23.8 Å². The van der Waals surface area contributed by atoms with Gasteiger partial charge in [-0.2, -0.15) is 4.31 Å². The Morgan fingerprint density at radius 3 is 2.45 bits per heavy atom. The maximum atomic E-state index is 12.9. The van der Waals surface area contributed by atoms with Gasteiger partial charge in [-0.25, -0.2) is 13.4 Å². The molecule has 8 heteroatoms. The third-order valence-electron chi connectivity index (χ3n) is 4.12. The van der Waals surface area contributed by atoms with Crippen LogP contribution in [0, 0.1) is 0 Å². The number of carbonyl (C=O) groups excluding carboxylic acids is 1. The predicted octanol–water partition coefficient (Wildman–Crippen LogP) is 3.84. The van der Waals surface area contributed by atoms with Crippen molar-refractivity contribution in [3.63, 3.8) is 0 Å². The highest BCUT2D eigenvalue weighted by atomic mass is 32.2. The topological polar surface area (TPSA) is 79.4 Å². The van der Waals surface area contributed by atoms with E-state index in [2.05, 4.69) is 23.5 Å². The van der Waals surface area contributed by atoms with Gasteiger partial charge in [0.2, 0.25) is 15.9 Å². The van der Waals surface area contributed by atoms with Crippen molar-refractivity contribution >= 4 is 42.6 Å². The van der Waals surface area contributed by atoms with Gasteiger partial charge in [0.25, 0.3) is 0 Å². The average Bonchev–Trinajstić information content (AvgIpc) is 3.09. The van der Waals surface area contributed by atoms with E-state index in [0.717, 1.165) is 5.56 Å². The molecule has 0 saturated heterocycles. The summed E-state index contributed by atoms with van der Waals surface area (Å²) in [4.78, 5) is 16.8. The lowest BCUT2D eigenvalue weighted by molar-refractivity contribution is -0.115. The fraction of sp³-hybridized carbons (Fsp3) is 0.143. The monoisotopic (exact) mass is 427 g/mol. The smallest absolute Gasteiger partial charge is 0.243 e. The average molecular weight is 428 g/mol. The molecule has 1 aromatic heterocycles. The lowest BCUT2D eigenvalue weighted by atomic mass is 10.1. The van der Waals surface area contributed by atoms with Crippen LogP contribution in [0.2, 0.25) is 0 Å². The molecular formula is C21H21N3O3S2. The summed E-state index contributed by atoms with van der Waals surface area (Å²) in [7, 11) is -3.69. The molecule has 2 aromatic carbocycles. The Kier molecular flexibility index (Phi) is 6.58. The highest BCUT2D eigenvalue weighted by Gasteiger charge is 2.23. The number of aromatic nitrogens is 1. The van der Waals surface area contributed by atoms with Crippen LogP contribution in [-0.2, 0) is 21.2 Å². The second-order valence-corrected chi connectivity index (χ2v) is 9.23. The highest BCUT2D eigenvalue weighted by Crippen LogP contribution is 2.29. The minimum atomic E-state index is -3.69. The van der Waals surface area contributed by atoms with Crippen molar-refractivity contribution in [1.82, 2.24) is 9.29 Å². The Morgan fingerprint density at radius 1 is 1.10 bits per heavy atom. The fourth-order valence-electron chi connectivity index (χ4n) is 2.77. The van der Waals surface area contributed by atoms with Gasteiger partial charge in [-0.1, -0.05) is 53.8 Å². The first-order valence-corrected chi connectivity index (χ1v) is 11.2. The molecule has 0 aliphatic heterocycles. The summed E-state index contributed by atoms with van der Waals surface area (Å²) in [5.41, 5.74) is 1.53. The molecule has 0 aliphatic carbocycles. The summed E-state index contributed by atoms with van der Waals surface area (Å²) in [6.45, 7) is 7.60. The van der Waals surface area contributed by atoms with E-state index >= 15 is 0 Å². The minimum absolute atomic E-state index is 0.166. The quantitative estimate of drug-likeness (QED) is 0.526. The summed E-state index contributed by atoms with van der Waals surface area (Å²) in [6, 6.07) is 14.2. The lowest BCUT2D eigenvalue weighted by Gasteiger charge is -2.18. The number of hydrogen-bond acceptors (Lipinski definition) is 5. The van der Waals surface area contributed by atoms with Crippen LogP contribution < -0.4 is 5.32 Å². The van der Waals surface area contributed by atoms with Crippen LogP contribution >= 0.6 is 11.3 Å².